The zero-order valence-corrected chi connectivity index (χ0v) is 10.7. The molecule has 0 saturated carbocycles. The predicted octanol–water partition coefficient (Wildman–Crippen LogP) is 2.70. The first kappa shape index (κ1) is 12.8. The number of ether oxygens (including phenoxy) is 2. The van der Waals surface area contributed by atoms with Crippen LogP contribution in [0.1, 0.15) is 13.3 Å². The summed E-state index contributed by atoms with van der Waals surface area (Å²) in [6.45, 7) is 1.70. The lowest BCUT2D eigenvalue weighted by Gasteiger charge is -2.16. The van der Waals surface area contributed by atoms with Crippen LogP contribution in [0.25, 0.3) is 0 Å². The molecule has 5 heteroatoms. The van der Waals surface area contributed by atoms with Gasteiger partial charge in [-0.1, -0.05) is 6.07 Å². The molecule has 0 aliphatic carbocycles. The highest BCUT2D eigenvalue weighted by molar-refractivity contribution is 9.10. The van der Waals surface area contributed by atoms with Crippen molar-refractivity contribution >= 4 is 21.9 Å². The zero-order chi connectivity index (χ0) is 12.1. The van der Waals surface area contributed by atoms with Crippen LogP contribution in [-0.2, 0) is 4.79 Å². The molecular weight excluding hydrogens is 276 g/mol. The fraction of sp³-hybridized carbons (Fsp3) is 0.364. The Morgan fingerprint density at radius 1 is 1.56 bits per heavy atom. The molecular formula is C11H13BrO4. The number of carboxylic acid groups (broad SMARTS) is 1. The smallest absolute Gasteiger partial charge is 0.307 e. The topological polar surface area (TPSA) is 55.8 Å². The number of carboxylic acids is 1. The Balaban J connectivity index is 2.83. The summed E-state index contributed by atoms with van der Waals surface area (Å²) in [6, 6.07) is 5.39. The maximum atomic E-state index is 10.5. The summed E-state index contributed by atoms with van der Waals surface area (Å²) < 4.78 is 11.4. The lowest BCUT2D eigenvalue weighted by atomic mass is 10.2. The van der Waals surface area contributed by atoms with Gasteiger partial charge in [-0.2, -0.15) is 0 Å². The van der Waals surface area contributed by atoms with Crippen LogP contribution in [0, 0.1) is 0 Å². The molecule has 0 aromatic heterocycles. The van der Waals surface area contributed by atoms with Crippen LogP contribution in [0.4, 0.5) is 0 Å². The van der Waals surface area contributed by atoms with Gasteiger partial charge in [-0.15, -0.1) is 0 Å². The summed E-state index contributed by atoms with van der Waals surface area (Å²) >= 11 is 3.33. The largest absolute Gasteiger partial charge is 0.493 e. The van der Waals surface area contributed by atoms with E-state index >= 15 is 0 Å². The van der Waals surface area contributed by atoms with Gasteiger partial charge in [-0.05, 0) is 35.0 Å². The fourth-order valence-electron chi connectivity index (χ4n) is 1.25. The SMILES string of the molecule is COc1cccc(Br)c1O[C@H](C)CC(=O)O. The van der Waals surface area contributed by atoms with Crippen molar-refractivity contribution < 1.29 is 19.4 Å². The highest BCUT2D eigenvalue weighted by atomic mass is 79.9. The summed E-state index contributed by atoms with van der Waals surface area (Å²) in [7, 11) is 1.54. The van der Waals surface area contributed by atoms with E-state index < -0.39 is 12.1 Å². The van der Waals surface area contributed by atoms with E-state index in [1.807, 2.05) is 12.1 Å². The number of methoxy groups -OCH3 is 1. The molecule has 0 fully saturated rings. The molecule has 0 saturated heterocycles. The van der Waals surface area contributed by atoms with Crippen molar-refractivity contribution in [3.63, 3.8) is 0 Å². The van der Waals surface area contributed by atoms with Crippen LogP contribution in [0.3, 0.4) is 0 Å². The summed E-state index contributed by atoms with van der Waals surface area (Å²) in [6.07, 6.45) is -0.463. The van der Waals surface area contributed by atoms with Crippen LogP contribution < -0.4 is 9.47 Å². The van der Waals surface area contributed by atoms with Crippen LogP contribution in [0.5, 0.6) is 11.5 Å². The first-order chi connectivity index (χ1) is 7.54. The van der Waals surface area contributed by atoms with E-state index in [4.69, 9.17) is 14.6 Å². The van der Waals surface area contributed by atoms with E-state index in [0.717, 1.165) is 4.47 Å². The first-order valence-electron chi connectivity index (χ1n) is 4.75. The quantitative estimate of drug-likeness (QED) is 0.905. The summed E-state index contributed by atoms with van der Waals surface area (Å²) in [5, 5.41) is 8.63. The minimum atomic E-state index is -0.890. The Kier molecular flexibility index (Phi) is 4.61. The van der Waals surface area contributed by atoms with Crippen molar-refractivity contribution in [2.24, 2.45) is 0 Å². The van der Waals surface area contributed by atoms with Gasteiger partial charge in [0, 0.05) is 0 Å². The van der Waals surface area contributed by atoms with Crippen molar-refractivity contribution in [3.05, 3.63) is 22.7 Å². The highest BCUT2D eigenvalue weighted by Crippen LogP contribution is 2.35. The van der Waals surface area contributed by atoms with Crippen molar-refractivity contribution in [2.75, 3.05) is 7.11 Å². The van der Waals surface area contributed by atoms with Gasteiger partial charge in [0.2, 0.25) is 0 Å². The third-order valence-corrected chi connectivity index (χ3v) is 2.56. The van der Waals surface area contributed by atoms with E-state index in [2.05, 4.69) is 15.9 Å². The van der Waals surface area contributed by atoms with E-state index in [-0.39, 0.29) is 6.42 Å². The van der Waals surface area contributed by atoms with E-state index in [0.29, 0.717) is 11.5 Å². The normalized spacial score (nSPS) is 11.9. The number of para-hydroxylation sites is 1. The maximum Gasteiger partial charge on any atom is 0.307 e. The van der Waals surface area contributed by atoms with E-state index in [1.165, 1.54) is 7.11 Å². The number of carbonyl (C=O) groups is 1. The number of halogens is 1. The average molecular weight is 289 g/mol. The minimum absolute atomic E-state index is 0.0511. The van der Waals surface area contributed by atoms with E-state index in [9.17, 15) is 4.79 Å². The number of aliphatic carboxylic acids is 1. The summed E-state index contributed by atoms with van der Waals surface area (Å²) in [5.74, 6) is 0.212. The molecule has 1 aromatic rings. The second-order valence-electron chi connectivity index (χ2n) is 3.30. The molecule has 0 aliphatic heterocycles. The molecule has 0 heterocycles. The van der Waals surface area contributed by atoms with Gasteiger partial charge in [-0.3, -0.25) is 4.79 Å². The molecule has 1 N–H and O–H groups in total. The lowest BCUT2D eigenvalue weighted by molar-refractivity contribution is -0.138. The Morgan fingerprint density at radius 2 is 2.25 bits per heavy atom. The Hall–Kier alpha value is -1.23. The number of hydrogen-bond donors (Lipinski definition) is 1. The molecule has 0 radical (unpaired) electrons. The van der Waals surface area contributed by atoms with Gasteiger partial charge < -0.3 is 14.6 Å². The molecule has 88 valence electrons. The van der Waals surface area contributed by atoms with Crippen molar-refractivity contribution in [1.82, 2.24) is 0 Å². The van der Waals surface area contributed by atoms with Gasteiger partial charge in [0.15, 0.2) is 11.5 Å². The van der Waals surface area contributed by atoms with Crippen LogP contribution in [-0.4, -0.2) is 24.3 Å². The molecule has 0 unspecified atom stereocenters. The Labute approximate surface area is 102 Å². The Morgan fingerprint density at radius 3 is 2.81 bits per heavy atom. The monoisotopic (exact) mass is 288 g/mol. The standard InChI is InChI=1S/C11H13BrO4/c1-7(6-10(13)14)16-11-8(12)4-3-5-9(11)15-2/h3-5,7H,6H2,1-2H3,(H,13,14)/t7-/m1/s1. The summed E-state index contributed by atoms with van der Waals surface area (Å²) in [4.78, 5) is 10.5. The second kappa shape index (κ2) is 5.75. The molecule has 1 aromatic carbocycles. The molecule has 16 heavy (non-hydrogen) atoms. The van der Waals surface area contributed by atoms with Crippen molar-refractivity contribution in [2.45, 2.75) is 19.4 Å². The average Bonchev–Trinajstić information content (AvgIpc) is 2.20. The maximum absolute atomic E-state index is 10.5. The number of hydrogen-bond acceptors (Lipinski definition) is 3. The van der Waals surface area contributed by atoms with Gasteiger partial charge >= 0.3 is 5.97 Å². The number of rotatable bonds is 5. The molecule has 0 aliphatic rings. The molecule has 4 nitrogen and oxygen atoms in total. The lowest BCUT2D eigenvalue weighted by Crippen LogP contribution is -2.17. The molecule has 0 spiro atoms. The van der Waals surface area contributed by atoms with Gasteiger partial charge in [-0.25, -0.2) is 0 Å². The van der Waals surface area contributed by atoms with Gasteiger partial charge in [0.1, 0.15) is 6.10 Å². The summed E-state index contributed by atoms with van der Waals surface area (Å²) in [5.41, 5.74) is 0. The van der Waals surface area contributed by atoms with E-state index in [1.54, 1.807) is 13.0 Å². The van der Waals surface area contributed by atoms with Gasteiger partial charge in [0.05, 0.1) is 18.0 Å². The van der Waals surface area contributed by atoms with Crippen LogP contribution in [0.2, 0.25) is 0 Å². The second-order valence-corrected chi connectivity index (χ2v) is 4.15. The van der Waals surface area contributed by atoms with Crippen molar-refractivity contribution in [3.8, 4) is 11.5 Å². The van der Waals surface area contributed by atoms with Crippen LogP contribution in [0.15, 0.2) is 22.7 Å². The molecule has 1 rings (SSSR count). The molecule has 0 amide bonds. The minimum Gasteiger partial charge on any atom is -0.493 e. The third kappa shape index (κ3) is 3.41. The number of benzene rings is 1. The zero-order valence-electron chi connectivity index (χ0n) is 9.07. The molecule has 1 atom stereocenters. The van der Waals surface area contributed by atoms with Crippen molar-refractivity contribution in [1.29, 1.82) is 0 Å². The first-order valence-corrected chi connectivity index (χ1v) is 5.55. The highest BCUT2D eigenvalue weighted by Gasteiger charge is 2.14. The predicted molar refractivity (Wildman–Crippen MR) is 63.0 cm³/mol. The van der Waals surface area contributed by atoms with Gasteiger partial charge in [0.25, 0.3) is 0 Å². The Bertz CT molecular complexity index is 378. The third-order valence-electron chi connectivity index (χ3n) is 1.93. The molecule has 0 bridgehead atoms. The fourth-order valence-corrected chi connectivity index (χ4v) is 1.69. The van der Waals surface area contributed by atoms with Crippen LogP contribution >= 0.6 is 15.9 Å².